The largest absolute Gasteiger partial charge is 0.493 e. The molecule has 1 amide bonds. The summed E-state index contributed by atoms with van der Waals surface area (Å²) < 4.78 is 5.11. The Morgan fingerprint density at radius 3 is 2.96 bits per heavy atom. The molecule has 2 aromatic heterocycles. The summed E-state index contributed by atoms with van der Waals surface area (Å²) in [7, 11) is 0. The lowest BCUT2D eigenvalue weighted by atomic mass is 10.0. The zero-order chi connectivity index (χ0) is 16.8. The Morgan fingerprint density at radius 1 is 1.57 bits per heavy atom. The highest BCUT2D eigenvalue weighted by Gasteiger charge is 2.16. The number of amides is 1. The predicted octanol–water partition coefficient (Wildman–Crippen LogP) is 1.99. The summed E-state index contributed by atoms with van der Waals surface area (Å²) in [5, 5.41) is 12.8. The second-order valence-electron chi connectivity index (χ2n) is 5.06. The molecule has 1 atom stereocenters. The molecule has 0 aromatic carbocycles. The number of aromatic hydroxyl groups is 1. The highest BCUT2D eigenvalue weighted by Crippen LogP contribution is 2.24. The summed E-state index contributed by atoms with van der Waals surface area (Å²) in [6, 6.07) is 3.50. The molecule has 2 rings (SSSR count). The van der Waals surface area contributed by atoms with Gasteiger partial charge in [0.2, 0.25) is 11.8 Å². The van der Waals surface area contributed by atoms with Crippen molar-refractivity contribution in [3.05, 3.63) is 40.1 Å². The first-order valence-electron chi connectivity index (χ1n) is 7.26. The number of H-pyrrole nitrogens is 1. The van der Waals surface area contributed by atoms with Crippen molar-refractivity contribution in [2.45, 2.75) is 37.9 Å². The van der Waals surface area contributed by atoms with Gasteiger partial charge in [0.05, 0.1) is 24.1 Å². The second-order valence-corrected chi connectivity index (χ2v) is 6.03. The molecule has 0 saturated carbocycles. The zero-order valence-electron chi connectivity index (χ0n) is 13.0. The highest BCUT2D eigenvalue weighted by molar-refractivity contribution is 7.99. The van der Waals surface area contributed by atoms with Crippen LogP contribution in [0.15, 0.2) is 32.8 Å². The Morgan fingerprint density at radius 2 is 2.35 bits per heavy atom. The van der Waals surface area contributed by atoms with Gasteiger partial charge in [-0.3, -0.25) is 9.59 Å². The third kappa shape index (κ3) is 4.62. The molecule has 0 spiro atoms. The van der Waals surface area contributed by atoms with Crippen molar-refractivity contribution in [3.8, 4) is 5.88 Å². The van der Waals surface area contributed by atoms with Crippen molar-refractivity contribution in [1.29, 1.82) is 0 Å². The number of furan rings is 1. The molecule has 124 valence electrons. The molecule has 1 unspecified atom stereocenters. The average Bonchev–Trinajstić information content (AvgIpc) is 3.03. The number of carbonyl (C=O) groups is 1. The van der Waals surface area contributed by atoms with Crippen LogP contribution in [-0.2, 0) is 11.3 Å². The number of carbonyl (C=O) groups excluding carboxylic acids is 1. The van der Waals surface area contributed by atoms with Crippen molar-refractivity contribution in [2.24, 2.45) is 0 Å². The van der Waals surface area contributed by atoms with Crippen molar-refractivity contribution in [1.82, 2.24) is 15.3 Å². The van der Waals surface area contributed by atoms with Crippen LogP contribution >= 0.6 is 11.8 Å². The molecule has 3 N–H and O–H groups in total. The maximum absolute atomic E-state index is 12.0. The van der Waals surface area contributed by atoms with Gasteiger partial charge in [-0.25, -0.2) is 0 Å². The molecule has 0 bridgehead atoms. The minimum absolute atomic E-state index is 0.0752. The Balaban J connectivity index is 1.93. The van der Waals surface area contributed by atoms with Crippen molar-refractivity contribution in [3.63, 3.8) is 0 Å². The number of aromatic amines is 1. The average molecular weight is 337 g/mol. The first kappa shape index (κ1) is 17.1. The van der Waals surface area contributed by atoms with Gasteiger partial charge in [-0.2, -0.15) is 4.98 Å². The number of rotatable bonds is 7. The van der Waals surface area contributed by atoms with Crippen LogP contribution in [0.1, 0.15) is 37.5 Å². The molecule has 2 aromatic rings. The van der Waals surface area contributed by atoms with Gasteiger partial charge in [-0.15, -0.1) is 0 Å². The first-order valence-corrected chi connectivity index (χ1v) is 8.24. The van der Waals surface area contributed by atoms with E-state index in [1.54, 1.807) is 12.1 Å². The number of nitrogens with zero attached hydrogens (tertiary/aromatic N) is 1. The quantitative estimate of drug-likeness (QED) is 0.527. The molecular weight excluding hydrogens is 318 g/mol. The first-order chi connectivity index (χ1) is 11.0. The number of nitrogens with one attached hydrogen (secondary N) is 2. The third-order valence-corrected chi connectivity index (χ3v) is 4.27. The standard InChI is InChI=1S/C15H19N3O4S/c1-3-9(2)12-13(20)17-15(18-14(12)21)23-8-11(19)16-7-10-5-4-6-22-10/h4-6,9H,3,7-8H2,1-2H3,(H,16,19)(H2,17,18,20,21). The van der Waals surface area contributed by atoms with Gasteiger partial charge in [-0.05, 0) is 24.5 Å². The Labute approximate surface area is 137 Å². The van der Waals surface area contributed by atoms with Crippen LogP contribution in [0.25, 0.3) is 0 Å². The molecule has 0 aliphatic rings. The zero-order valence-corrected chi connectivity index (χ0v) is 13.8. The summed E-state index contributed by atoms with van der Waals surface area (Å²) in [6.45, 7) is 4.07. The Hall–Kier alpha value is -2.22. The lowest BCUT2D eigenvalue weighted by Gasteiger charge is -2.10. The van der Waals surface area contributed by atoms with E-state index in [1.165, 1.54) is 6.26 Å². The van der Waals surface area contributed by atoms with Crippen LogP contribution < -0.4 is 10.9 Å². The summed E-state index contributed by atoms with van der Waals surface area (Å²) in [5.41, 5.74) is -0.0931. The van der Waals surface area contributed by atoms with Gasteiger partial charge in [-0.1, -0.05) is 25.6 Å². The van der Waals surface area contributed by atoms with E-state index >= 15 is 0 Å². The number of hydrogen-bond acceptors (Lipinski definition) is 6. The topological polar surface area (TPSA) is 108 Å². The van der Waals surface area contributed by atoms with Gasteiger partial charge in [0.1, 0.15) is 5.76 Å². The smallest absolute Gasteiger partial charge is 0.258 e. The molecule has 0 aliphatic carbocycles. The monoisotopic (exact) mass is 337 g/mol. The Kier molecular flexibility index (Phi) is 5.86. The number of hydrogen-bond donors (Lipinski definition) is 3. The van der Waals surface area contributed by atoms with E-state index in [0.29, 0.717) is 12.3 Å². The maximum Gasteiger partial charge on any atom is 0.258 e. The minimum atomic E-state index is -0.370. The van der Waals surface area contributed by atoms with Crippen LogP contribution in [0.4, 0.5) is 0 Å². The van der Waals surface area contributed by atoms with Crippen LogP contribution in [0.5, 0.6) is 5.88 Å². The molecule has 8 heteroatoms. The lowest BCUT2D eigenvalue weighted by Crippen LogP contribution is -2.24. The van der Waals surface area contributed by atoms with Crippen molar-refractivity contribution in [2.75, 3.05) is 5.75 Å². The lowest BCUT2D eigenvalue weighted by molar-refractivity contribution is -0.118. The molecule has 0 fully saturated rings. The fraction of sp³-hybridized carbons (Fsp3) is 0.400. The predicted molar refractivity (Wildman–Crippen MR) is 86.5 cm³/mol. The molecule has 7 nitrogen and oxygen atoms in total. The molecule has 23 heavy (non-hydrogen) atoms. The summed E-state index contributed by atoms with van der Waals surface area (Å²) >= 11 is 1.05. The summed E-state index contributed by atoms with van der Waals surface area (Å²) in [4.78, 5) is 30.3. The van der Waals surface area contributed by atoms with Crippen LogP contribution in [-0.4, -0.2) is 26.7 Å². The van der Waals surface area contributed by atoms with Crippen LogP contribution in [0, 0.1) is 0 Å². The van der Waals surface area contributed by atoms with E-state index in [-0.39, 0.29) is 39.7 Å². The molecule has 0 radical (unpaired) electrons. The molecular formula is C15H19N3O4S. The fourth-order valence-corrected chi connectivity index (χ4v) is 2.64. The number of thioether (sulfide) groups is 1. The van der Waals surface area contributed by atoms with E-state index in [4.69, 9.17) is 4.42 Å². The van der Waals surface area contributed by atoms with Gasteiger partial charge < -0.3 is 19.8 Å². The van der Waals surface area contributed by atoms with E-state index in [2.05, 4.69) is 15.3 Å². The molecule has 0 aliphatic heterocycles. The SMILES string of the molecule is CCC(C)c1c(O)nc(SCC(=O)NCc2ccco2)[nH]c1=O. The van der Waals surface area contributed by atoms with Gasteiger partial charge in [0, 0.05) is 0 Å². The molecule has 2 heterocycles. The van der Waals surface area contributed by atoms with Crippen LogP contribution in [0.3, 0.4) is 0 Å². The van der Waals surface area contributed by atoms with Crippen molar-refractivity contribution >= 4 is 17.7 Å². The van der Waals surface area contributed by atoms with E-state index in [9.17, 15) is 14.7 Å². The maximum atomic E-state index is 12.0. The third-order valence-electron chi connectivity index (χ3n) is 3.40. The van der Waals surface area contributed by atoms with E-state index < -0.39 is 0 Å². The Bertz CT molecular complexity index is 712. The van der Waals surface area contributed by atoms with Crippen LogP contribution in [0.2, 0.25) is 0 Å². The van der Waals surface area contributed by atoms with Gasteiger partial charge in [0.15, 0.2) is 5.16 Å². The van der Waals surface area contributed by atoms with Gasteiger partial charge in [0.25, 0.3) is 5.56 Å². The molecule has 0 saturated heterocycles. The normalized spacial score (nSPS) is 12.1. The van der Waals surface area contributed by atoms with Gasteiger partial charge >= 0.3 is 0 Å². The van der Waals surface area contributed by atoms with E-state index in [0.717, 1.165) is 18.2 Å². The highest BCUT2D eigenvalue weighted by atomic mass is 32.2. The minimum Gasteiger partial charge on any atom is -0.493 e. The second kappa shape index (κ2) is 7.87. The summed E-state index contributed by atoms with van der Waals surface area (Å²) in [5.74, 6) is 0.152. The van der Waals surface area contributed by atoms with Crippen molar-refractivity contribution < 1.29 is 14.3 Å². The number of aromatic nitrogens is 2. The fourth-order valence-electron chi connectivity index (χ4n) is 1.95. The summed E-state index contributed by atoms with van der Waals surface area (Å²) in [6.07, 6.45) is 2.26. The van der Waals surface area contributed by atoms with E-state index in [1.807, 2.05) is 13.8 Å².